The molecule has 0 aliphatic carbocycles. The van der Waals surface area contributed by atoms with Gasteiger partial charge in [0, 0.05) is 24.8 Å². The van der Waals surface area contributed by atoms with E-state index in [1.165, 1.54) is 5.56 Å². The zero-order valence-electron chi connectivity index (χ0n) is 18.2. The smallest absolute Gasteiger partial charge is 0.336 e. The Bertz CT molecular complexity index is 1210. The Hall–Kier alpha value is -3.65. The van der Waals surface area contributed by atoms with Crippen molar-refractivity contribution in [2.75, 3.05) is 18.8 Å². The Kier molecular flexibility index (Phi) is 5.83. The summed E-state index contributed by atoms with van der Waals surface area (Å²) in [5, 5.41) is 4.73. The van der Waals surface area contributed by atoms with E-state index in [0.717, 1.165) is 51.0 Å². The summed E-state index contributed by atoms with van der Waals surface area (Å²) < 4.78 is 16.2. The highest BCUT2D eigenvalue weighted by atomic mass is 16.6. The first-order valence-electron chi connectivity index (χ1n) is 11.2. The summed E-state index contributed by atoms with van der Waals surface area (Å²) in [6.45, 7) is 3.10. The Labute approximate surface area is 190 Å². The lowest BCUT2D eigenvalue weighted by Crippen LogP contribution is -2.33. The highest BCUT2D eigenvalue weighted by Crippen LogP contribution is 2.43. The van der Waals surface area contributed by atoms with Crippen LogP contribution in [0.4, 0.5) is 5.69 Å². The van der Waals surface area contributed by atoms with Gasteiger partial charge < -0.3 is 19.7 Å². The van der Waals surface area contributed by atoms with Crippen LogP contribution in [0.25, 0.3) is 11.0 Å². The van der Waals surface area contributed by atoms with Crippen LogP contribution in [0.2, 0.25) is 0 Å². The van der Waals surface area contributed by atoms with Crippen molar-refractivity contribution in [3.05, 3.63) is 59.8 Å². The molecule has 3 heterocycles. The number of likely N-dealkylation sites (tertiary alicyclic amines) is 1. The van der Waals surface area contributed by atoms with Gasteiger partial charge >= 0.3 is 11.9 Å². The summed E-state index contributed by atoms with van der Waals surface area (Å²) in [4.78, 5) is 26.5. The van der Waals surface area contributed by atoms with E-state index >= 15 is 0 Å². The van der Waals surface area contributed by atoms with Gasteiger partial charge in [-0.3, -0.25) is 4.90 Å². The predicted octanol–water partition coefficient (Wildman–Crippen LogP) is 3.64. The molecule has 0 amide bonds. The Balaban J connectivity index is 1.28. The molecule has 0 unspecified atom stereocenters. The van der Waals surface area contributed by atoms with Crippen LogP contribution in [-0.2, 0) is 22.6 Å². The van der Waals surface area contributed by atoms with Gasteiger partial charge in [0.25, 0.3) is 0 Å². The number of benzene rings is 2. The van der Waals surface area contributed by atoms with Crippen LogP contribution < -0.4 is 15.2 Å². The molecule has 3 aromatic rings. The number of anilines is 1. The number of nitrogen functional groups attached to an aromatic ring is 1. The molecule has 2 aliphatic heterocycles. The maximum Gasteiger partial charge on any atom is 0.336 e. The zero-order valence-corrected chi connectivity index (χ0v) is 18.2. The highest BCUT2D eigenvalue weighted by molar-refractivity contribution is 6.01. The van der Waals surface area contributed by atoms with E-state index in [0.29, 0.717) is 29.0 Å². The van der Waals surface area contributed by atoms with Crippen LogP contribution in [-0.4, -0.2) is 35.1 Å². The monoisotopic (exact) mass is 447 g/mol. The second-order valence-electron chi connectivity index (χ2n) is 8.55. The minimum atomic E-state index is -0.695. The summed E-state index contributed by atoms with van der Waals surface area (Å²) >= 11 is 0. The normalized spacial score (nSPS) is 18.3. The van der Waals surface area contributed by atoms with Gasteiger partial charge in [-0.05, 0) is 50.3 Å². The van der Waals surface area contributed by atoms with Gasteiger partial charge in [-0.15, -0.1) is 0 Å². The van der Waals surface area contributed by atoms with Gasteiger partial charge in [-0.25, -0.2) is 9.59 Å². The van der Waals surface area contributed by atoms with E-state index in [9.17, 15) is 9.59 Å². The first-order valence-corrected chi connectivity index (χ1v) is 11.2. The number of nitrogens with zero attached hydrogens (tertiary/aromatic N) is 2. The molecule has 0 saturated carbocycles. The summed E-state index contributed by atoms with van der Waals surface area (Å²) in [7, 11) is 0. The quantitative estimate of drug-likeness (QED) is 0.359. The first-order chi connectivity index (χ1) is 16.1. The van der Waals surface area contributed by atoms with Crippen molar-refractivity contribution in [3.63, 3.8) is 0 Å². The Morgan fingerprint density at radius 2 is 1.70 bits per heavy atom. The lowest BCUT2D eigenvalue weighted by atomic mass is 9.91. The fraction of sp³-hybridized carbons (Fsp3) is 0.320. The molecule has 8 nitrogen and oxygen atoms in total. The minimum Gasteiger partial charge on any atom is -0.418 e. The number of piperidine rings is 1. The van der Waals surface area contributed by atoms with E-state index < -0.39 is 11.9 Å². The predicted molar refractivity (Wildman–Crippen MR) is 122 cm³/mol. The summed E-state index contributed by atoms with van der Waals surface area (Å²) in [5.74, 6) is -0.704. The molecular formula is C25H25N3O5. The van der Waals surface area contributed by atoms with E-state index in [1.807, 2.05) is 6.07 Å². The lowest BCUT2D eigenvalue weighted by molar-refractivity contribution is -0.133. The second kappa shape index (κ2) is 9.07. The summed E-state index contributed by atoms with van der Waals surface area (Å²) in [6, 6.07) is 12.1. The molecular weight excluding hydrogens is 422 g/mol. The molecule has 0 bridgehead atoms. The van der Waals surface area contributed by atoms with Gasteiger partial charge in [-0.2, -0.15) is 0 Å². The summed E-state index contributed by atoms with van der Waals surface area (Å²) in [5.41, 5.74) is 8.56. The first kappa shape index (κ1) is 21.2. The molecule has 0 atom stereocenters. The number of nitrogens with two attached hydrogens (primary N) is 1. The van der Waals surface area contributed by atoms with Gasteiger partial charge in [0.1, 0.15) is 0 Å². The maximum absolute atomic E-state index is 12.1. The molecule has 2 aliphatic rings. The van der Waals surface area contributed by atoms with Crippen molar-refractivity contribution in [1.82, 2.24) is 10.1 Å². The number of fused-ring (bicyclic) bond motifs is 3. The average molecular weight is 447 g/mol. The number of carbonyl (C=O) groups is 2. The van der Waals surface area contributed by atoms with Crippen LogP contribution in [0.3, 0.4) is 0 Å². The van der Waals surface area contributed by atoms with Gasteiger partial charge in [0.15, 0.2) is 17.1 Å². The molecule has 2 N–H and O–H groups in total. The molecule has 1 aromatic heterocycles. The van der Waals surface area contributed by atoms with Crippen LogP contribution in [0, 0.1) is 5.92 Å². The van der Waals surface area contributed by atoms with E-state index in [-0.39, 0.29) is 17.2 Å². The fourth-order valence-corrected chi connectivity index (χ4v) is 4.52. The van der Waals surface area contributed by atoms with Crippen LogP contribution >= 0.6 is 0 Å². The van der Waals surface area contributed by atoms with Crippen LogP contribution in [0.15, 0.2) is 53.1 Å². The van der Waals surface area contributed by atoms with E-state index in [4.69, 9.17) is 19.7 Å². The Morgan fingerprint density at radius 1 is 1.00 bits per heavy atom. The number of hydrogen-bond acceptors (Lipinski definition) is 8. The van der Waals surface area contributed by atoms with Crippen molar-refractivity contribution in [3.8, 4) is 11.5 Å². The SMILES string of the molecule is Nc1cc2onc(CCC3CCN(Cc4ccccc4)CC3)c2c2c1OC(=O)/C=C\C(=O)O2. The molecule has 170 valence electrons. The zero-order chi connectivity index (χ0) is 22.8. The number of ether oxygens (including phenoxy) is 2. The van der Waals surface area contributed by atoms with Crippen molar-refractivity contribution in [2.45, 2.75) is 32.2 Å². The number of aromatic nitrogens is 1. The number of esters is 2. The number of carbonyl (C=O) groups excluding carboxylic acids is 2. The fourth-order valence-electron chi connectivity index (χ4n) is 4.52. The van der Waals surface area contributed by atoms with Crippen LogP contribution in [0.1, 0.15) is 30.5 Å². The Morgan fingerprint density at radius 3 is 2.42 bits per heavy atom. The molecule has 33 heavy (non-hydrogen) atoms. The third-order valence-electron chi connectivity index (χ3n) is 6.28. The molecule has 0 spiro atoms. The highest BCUT2D eigenvalue weighted by Gasteiger charge is 2.27. The average Bonchev–Trinajstić information content (AvgIpc) is 3.21. The number of aryl methyl sites for hydroxylation is 1. The standard InChI is InChI=1S/C25H25N3O5/c26-18-14-20-23(25-24(18)31-21(29)8-9-22(30)32-25)19(27-33-20)7-6-16-10-12-28(13-11-16)15-17-4-2-1-3-5-17/h1-5,8-9,14,16H,6-7,10-13,15,26H2/b9-8-. The number of rotatable bonds is 5. The van der Waals surface area contributed by atoms with Gasteiger partial charge in [0.2, 0.25) is 0 Å². The van der Waals surface area contributed by atoms with E-state index in [2.05, 4.69) is 34.3 Å². The van der Waals surface area contributed by atoms with Crippen molar-refractivity contribution in [2.24, 2.45) is 5.92 Å². The molecule has 0 radical (unpaired) electrons. The number of hydrogen-bond donors (Lipinski definition) is 1. The molecule has 5 rings (SSSR count). The van der Waals surface area contributed by atoms with Crippen molar-refractivity contribution in [1.29, 1.82) is 0 Å². The largest absolute Gasteiger partial charge is 0.418 e. The van der Waals surface area contributed by atoms with Crippen molar-refractivity contribution < 1.29 is 23.6 Å². The van der Waals surface area contributed by atoms with E-state index in [1.54, 1.807) is 6.07 Å². The topological polar surface area (TPSA) is 108 Å². The van der Waals surface area contributed by atoms with Gasteiger partial charge in [0.05, 0.1) is 16.8 Å². The molecule has 1 saturated heterocycles. The molecule has 8 heteroatoms. The third-order valence-corrected chi connectivity index (χ3v) is 6.28. The molecule has 1 fully saturated rings. The third kappa shape index (κ3) is 4.61. The van der Waals surface area contributed by atoms with Crippen molar-refractivity contribution >= 4 is 28.6 Å². The summed E-state index contributed by atoms with van der Waals surface area (Å²) in [6.07, 6.45) is 5.86. The van der Waals surface area contributed by atoms with Crippen LogP contribution in [0.5, 0.6) is 11.5 Å². The minimum absolute atomic E-state index is 0.0175. The molecule has 2 aromatic carbocycles. The van der Waals surface area contributed by atoms with Gasteiger partial charge in [-0.1, -0.05) is 35.5 Å². The second-order valence-corrected chi connectivity index (χ2v) is 8.55. The lowest BCUT2D eigenvalue weighted by Gasteiger charge is -2.32. The maximum atomic E-state index is 12.1.